The van der Waals surface area contributed by atoms with Gasteiger partial charge in [-0.05, 0) is 37.6 Å². The summed E-state index contributed by atoms with van der Waals surface area (Å²) >= 11 is 0. The van der Waals surface area contributed by atoms with Crippen LogP contribution >= 0.6 is 0 Å². The van der Waals surface area contributed by atoms with Crippen LogP contribution < -0.4 is 5.32 Å². The maximum Gasteiger partial charge on any atom is 0.0991 e. The van der Waals surface area contributed by atoms with Crippen LogP contribution in [-0.4, -0.2) is 9.78 Å². The van der Waals surface area contributed by atoms with Crippen molar-refractivity contribution in [2.75, 3.05) is 0 Å². The Morgan fingerprint density at radius 2 is 2.05 bits per heavy atom. The van der Waals surface area contributed by atoms with Crippen molar-refractivity contribution >= 4 is 0 Å². The van der Waals surface area contributed by atoms with Crippen molar-refractivity contribution in [2.24, 2.45) is 7.05 Å². The standard InChI is InChI=1S/C15H18N4/c1-11-8-15(19(3)18-11)10-17-12(2)14-6-4-13(9-16)5-7-14/h4-8,12,17H,10H2,1-3H3. The number of nitrogens with one attached hydrogen (secondary N) is 1. The summed E-state index contributed by atoms with van der Waals surface area (Å²) in [4.78, 5) is 0. The molecule has 0 fully saturated rings. The third kappa shape index (κ3) is 3.21. The van der Waals surface area contributed by atoms with E-state index in [2.05, 4.69) is 29.5 Å². The van der Waals surface area contributed by atoms with Crippen molar-refractivity contribution in [2.45, 2.75) is 26.4 Å². The van der Waals surface area contributed by atoms with Crippen LogP contribution in [0.3, 0.4) is 0 Å². The predicted octanol–water partition coefficient (Wildman–Crippen LogP) is 2.45. The van der Waals surface area contributed by atoms with E-state index in [4.69, 9.17) is 5.26 Å². The highest BCUT2D eigenvalue weighted by Crippen LogP contribution is 2.14. The van der Waals surface area contributed by atoms with Gasteiger partial charge < -0.3 is 5.32 Å². The molecule has 2 rings (SSSR count). The molecule has 1 N–H and O–H groups in total. The second-order valence-electron chi connectivity index (χ2n) is 4.74. The summed E-state index contributed by atoms with van der Waals surface area (Å²) in [5.41, 5.74) is 4.07. The molecule has 1 aromatic heterocycles. The monoisotopic (exact) mass is 254 g/mol. The maximum absolute atomic E-state index is 8.78. The SMILES string of the molecule is Cc1cc(CNC(C)c2ccc(C#N)cc2)n(C)n1. The molecule has 19 heavy (non-hydrogen) atoms. The van der Waals surface area contributed by atoms with Gasteiger partial charge in [-0.15, -0.1) is 0 Å². The van der Waals surface area contributed by atoms with Crippen molar-refractivity contribution in [3.63, 3.8) is 0 Å². The van der Waals surface area contributed by atoms with Gasteiger partial charge in [0.25, 0.3) is 0 Å². The molecule has 0 aliphatic carbocycles. The number of hydrogen-bond acceptors (Lipinski definition) is 3. The Hall–Kier alpha value is -2.12. The van der Waals surface area contributed by atoms with Gasteiger partial charge >= 0.3 is 0 Å². The van der Waals surface area contributed by atoms with Gasteiger partial charge in [-0.3, -0.25) is 4.68 Å². The zero-order valence-corrected chi connectivity index (χ0v) is 11.5. The second kappa shape index (κ2) is 5.68. The molecule has 1 aromatic carbocycles. The molecule has 0 saturated carbocycles. The van der Waals surface area contributed by atoms with Crippen molar-refractivity contribution in [3.05, 3.63) is 52.8 Å². The van der Waals surface area contributed by atoms with E-state index in [0.717, 1.165) is 17.9 Å². The average molecular weight is 254 g/mol. The lowest BCUT2D eigenvalue weighted by molar-refractivity contribution is 0.548. The fourth-order valence-corrected chi connectivity index (χ4v) is 2.05. The zero-order chi connectivity index (χ0) is 13.8. The molecule has 0 saturated heterocycles. The molecule has 1 atom stereocenters. The molecule has 1 heterocycles. The first-order valence-electron chi connectivity index (χ1n) is 6.33. The van der Waals surface area contributed by atoms with Crippen molar-refractivity contribution in [1.82, 2.24) is 15.1 Å². The minimum absolute atomic E-state index is 0.239. The van der Waals surface area contributed by atoms with Gasteiger partial charge in [0.15, 0.2) is 0 Å². The van der Waals surface area contributed by atoms with E-state index in [9.17, 15) is 0 Å². The summed E-state index contributed by atoms with van der Waals surface area (Å²) in [7, 11) is 1.95. The number of aromatic nitrogens is 2. The Balaban J connectivity index is 1.99. The van der Waals surface area contributed by atoms with Crippen LogP contribution in [0.1, 0.15) is 35.5 Å². The molecule has 0 aliphatic heterocycles. The number of benzene rings is 1. The predicted molar refractivity (Wildman–Crippen MR) is 74.4 cm³/mol. The Bertz CT molecular complexity index is 590. The van der Waals surface area contributed by atoms with Crippen LogP contribution in [0.4, 0.5) is 0 Å². The van der Waals surface area contributed by atoms with E-state index >= 15 is 0 Å². The number of aryl methyl sites for hydroxylation is 2. The van der Waals surface area contributed by atoms with Crippen LogP contribution in [0.5, 0.6) is 0 Å². The molecule has 1 unspecified atom stereocenters. The third-order valence-corrected chi connectivity index (χ3v) is 3.23. The molecular weight excluding hydrogens is 236 g/mol. The summed E-state index contributed by atoms with van der Waals surface area (Å²) < 4.78 is 1.90. The van der Waals surface area contributed by atoms with Gasteiger partial charge in [-0.1, -0.05) is 12.1 Å². The van der Waals surface area contributed by atoms with Crippen LogP contribution in [-0.2, 0) is 13.6 Å². The number of hydrogen-bond donors (Lipinski definition) is 1. The van der Waals surface area contributed by atoms with Crippen molar-refractivity contribution in [1.29, 1.82) is 5.26 Å². The lowest BCUT2D eigenvalue weighted by atomic mass is 10.1. The maximum atomic E-state index is 8.78. The summed E-state index contributed by atoms with van der Waals surface area (Å²) in [6.45, 7) is 4.89. The summed E-state index contributed by atoms with van der Waals surface area (Å²) in [6, 6.07) is 12.1. The topological polar surface area (TPSA) is 53.6 Å². The second-order valence-corrected chi connectivity index (χ2v) is 4.74. The minimum Gasteiger partial charge on any atom is -0.305 e. The molecule has 0 amide bonds. The van der Waals surface area contributed by atoms with Gasteiger partial charge in [0.05, 0.1) is 23.0 Å². The van der Waals surface area contributed by atoms with E-state index < -0.39 is 0 Å². The van der Waals surface area contributed by atoms with E-state index in [0.29, 0.717) is 5.56 Å². The van der Waals surface area contributed by atoms with Crippen LogP contribution in [0, 0.1) is 18.3 Å². The normalized spacial score (nSPS) is 12.1. The first kappa shape index (κ1) is 13.3. The summed E-state index contributed by atoms with van der Waals surface area (Å²) in [5.74, 6) is 0. The first-order valence-corrected chi connectivity index (χ1v) is 6.33. The lowest BCUT2D eigenvalue weighted by Crippen LogP contribution is -2.19. The summed E-state index contributed by atoms with van der Waals surface area (Å²) in [6.07, 6.45) is 0. The molecule has 0 spiro atoms. The van der Waals surface area contributed by atoms with Gasteiger partial charge in [0, 0.05) is 19.6 Å². The van der Waals surface area contributed by atoms with Crippen molar-refractivity contribution in [3.8, 4) is 6.07 Å². The Morgan fingerprint density at radius 1 is 1.37 bits per heavy atom. The number of nitriles is 1. The van der Waals surface area contributed by atoms with Crippen molar-refractivity contribution < 1.29 is 0 Å². The van der Waals surface area contributed by atoms with Crippen LogP contribution in [0.15, 0.2) is 30.3 Å². The van der Waals surface area contributed by atoms with Crippen LogP contribution in [0.25, 0.3) is 0 Å². The van der Waals surface area contributed by atoms with Gasteiger partial charge in [0.2, 0.25) is 0 Å². The van der Waals surface area contributed by atoms with E-state index in [-0.39, 0.29) is 6.04 Å². The molecule has 98 valence electrons. The smallest absolute Gasteiger partial charge is 0.0991 e. The highest BCUT2D eigenvalue weighted by molar-refractivity contribution is 5.32. The molecule has 4 heteroatoms. The van der Waals surface area contributed by atoms with Crippen LogP contribution in [0.2, 0.25) is 0 Å². The fraction of sp³-hybridized carbons (Fsp3) is 0.333. The summed E-state index contributed by atoms with van der Waals surface area (Å²) in [5, 5.41) is 16.6. The Kier molecular flexibility index (Phi) is 3.98. The zero-order valence-electron chi connectivity index (χ0n) is 11.5. The molecule has 0 radical (unpaired) electrons. The van der Waals surface area contributed by atoms with Gasteiger partial charge in [-0.25, -0.2) is 0 Å². The van der Waals surface area contributed by atoms with Gasteiger partial charge in [0.1, 0.15) is 0 Å². The molecule has 4 nitrogen and oxygen atoms in total. The van der Waals surface area contributed by atoms with E-state index in [1.807, 2.05) is 42.9 Å². The van der Waals surface area contributed by atoms with E-state index in [1.54, 1.807) is 0 Å². The largest absolute Gasteiger partial charge is 0.305 e. The quantitative estimate of drug-likeness (QED) is 0.911. The first-order chi connectivity index (χ1) is 9.10. The molecule has 0 bridgehead atoms. The third-order valence-electron chi connectivity index (χ3n) is 3.23. The van der Waals surface area contributed by atoms with E-state index in [1.165, 1.54) is 5.56 Å². The average Bonchev–Trinajstić information content (AvgIpc) is 2.74. The lowest BCUT2D eigenvalue weighted by Gasteiger charge is -2.14. The molecule has 2 aromatic rings. The Labute approximate surface area is 113 Å². The molecule has 0 aliphatic rings. The highest BCUT2D eigenvalue weighted by atomic mass is 15.3. The fourth-order valence-electron chi connectivity index (χ4n) is 2.05. The Morgan fingerprint density at radius 3 is 2.58 bits per heavy atom. The number of nitrogens with zero attached hydrogens (tertiary/aromatic N) is 3. The minimum atomic E-state index is 0.239. The molecular formula is C15H18N4. The number of rotatable bonds is 4. The highest BCUT2D eigenvalue weighted by Gasteiger charge is 2.07. The van der Waals surface area contributed by atoms with Gasteiger partial charge in [-0.2, -0.15) is 10.4 Å².